The predicted octanol–water partition coefficient (Wildman–Crippen LogP) is 2.26. The van der Waals surface area contributed by atoms with Gasteiger partial charge in [0, 0.05) is 43.5 Å². The van der Waals surface area contributed by atoms with Crippen LogP contribution in [0.3, 0.4) is 0 Å². The van der Waals surface area contributed by atoms with Gasteiger partial charge in [0.1, 0.15) is 5.58 Å². The summed E-state index contributed by atoms with van der Waals surface area (Å²) in [5.41, 5.74) is 1.73. The zero-order valence-electron chi connectivity index (χ0n) is 15.8. The molecule has 1 aromatic carbocycles. The van der Waals surface area contributed by atoms with E-state index in [0.717, 1.165) is 30.2 Å². The molecular weight excluding hydrogens is 344 g/mol. The number of aryl methyl sites for hydroxylation is 1. The van der Waals surface area contributed by atoms with E-state index in [1.165, 1.54) is 6.07 Å². The molecule has 2 aliphatic heterocycles. The lowest BCUT2D eigenvalue weighted by Gasteiger charge is -2.43. The maximum atomic E-state index is 12.9. The van der Waals surface area contributed by atoms with E-state index in [2.05, 4.69) is 0 Å². The van der Waals surface area contributed by atoms with Crippen LogP contribution in [0.2, 0.25) is 0 Å². The summed E-state index contributed by atoms with van der Waals surface area (Å²) in [6, 6.07) is 7.10. The number of hydrogen-bond acceptors (Lipinski definition) is 4. The summed E-state index contributed by atoms with van der Waals surface area (Å²) in [6.45, 7) is 3.23. The van der Waals surface area contributed by atoms with Crippen LogP contribution in [0.25, 0.3) is 11.0 Å². The van der Waals surface area contributed by atoms with Crippen LogP contribution >= 0.6 is 0 Å². The molecule has 2 saturated heterocycles. The van der Waals surface area contributed by atoms with Crippen molar-refractivity contribution in [2.24, 2.45) is 0 Å². The average molecular weight is 368 g/mol. The van der Waals surface area contributed by atoms with E-state index >= 15 is 0 Å². The third-order valence-electron chi connectivity index (χ3n) is 6.26. The Morgan fingerprint density at radius 1 is 1.15 bits per heavy atom. The largest absolute Gasteiger partial charge is 0.423 e. The monoisotopic (exact) mass is 368 g/mol. The number of piperidine rings is 1. The highest BCUT2D eigenvalue weighted by molar-refractivity contribution is 5.87. The van der Waals surface area contributed by atoms with Crippen molar-refractivity contribution < 1.29 is 14.0 Å². The third kappa shape index (κ3) is 3.13. The first-order valence-corrected chi connectivity index (χ1v) is 9.46. The Labute approximate surface area is 157 Å². The van der Waals surface area contributed by atoms with Gasteiger partial charge in [-0.15, -0.1) is 0 Å². The van der Waals surface area contributed by atoms with Crippen molar-refractivity contribution in [1.82, 2.24) is 9.80 Å². The standard InChI is InChI=1S/C21H24N2O4/c1-14-3-4-16-15(13-20(26)27-17(16)11-14)12-19(25)23-9-7-21(8-10-23)6-5-18(24)22(21)2/h3-4,11,13H,5-10,12H2,1-2H3. The van der Waals surface area contributed by atoms with E-state index < -0.39 is 5.63 Å². The van der Waals surface area contributed by atoms with Crippen LogP contribution in [-0.2, 0) is 16.0 Å². The summed E-state index contributed by atoms with van der Waals surface area (Å²) in [7, 11) is 1.88. The Hall–Kier alpha value is -2.63. The molecule has 0 aliphatic carbocycles. The molecule has 0 radical (unpaired) electrons. The molecule has 0 atom stereocenters. The van der Waals surface area contributed by atoms with Crippen LogP contribution < -0.4 is 5.63 Å². The van der Waals surface area contributed by atoms with Gasteiger partial charge in [0.05, 0.1) is 6.42 Å². The molecule has 2 amide bonds. The minimum atomic E-state index is -0.431. The molecule has 0 saturated carbocycles. The number of rotatable bonds is 2. The zero-order chi connectivity index (χ0) is 19.2. The summed E-state index contributed by atoms with van der Waals surface area (Å²) < 4.78 is 5.28. The SMILES string of the molecule is Cc1ccc2c(CC(=O)N3CCC4(CCC(=O)N4C)CC3)cc(=O)oc2c1. The molecule has 1 aromatic heterocycles. The summed E-state index contributed by atoms with van der Waals surface area (Å²) in [6.07, 6.45) is 3.31. The van der Waals surface area contributed by atoms with Gasteiger partial charge >= 0.3 is 5.63 Å². The molecule has 2 aliphatic rings. The number of carbonyl (C=O) groups excluding carboxylic acids is 2. The number of likely N-dealkylation sites (tertiary alicyclic amines) is 2. The van der Waals surface area contributed by atoms with Crippen LogP contribution in [0.15, 0.2) is 33.5 Å². The van der Waals surface area contributed by atoms with Crippen LogP contribution in [-0.4, -0.2) is 47.3 Å². The minimum absolute atomic E-state index is 0.0179. The van der Waals surface area contributed by atoms with Crippen molar-refractivity contribution in [2.75, 3.05) is 20.1 Å². The van der Waals surface area contributed by atoms with Crippen molar-refractivity contribution in [3.8, 4) is 0 Å². The molecule has 0 N–H and O–H groups in total. The second-order valence-corrected chi connectivity index (χ2v) is 7.82. The summed E-state index contributed by atoms with van der Waals surface area (Å²) in [5, 5.41) is 0.808. The minimum Gasteiger partial charge on any atom is -0.423 e. The Bertz CT molecular complexity index is 970. The van der Waals surface area contributed by atoms with E-state index in [-0.39, 0.29) is 23.8 Å². The maximum absolute atomic E-state index is 12.9. The van der Waals surface area contributed by atoms with Gasteiger partial charge in [-0.25, -0.2) is 4.79 Å². The Kier molecular flexibility index (Phi) is 4.29. The van der Waals surface area contributed by atoms with Gasteiger partial charge in [-0.2, -0.15) is 0 Å². The van der Waals surface area contributed by atoms with Crippen molar-refractivity contribution in [2.45, 2.75) is 44.6 Å². The fourth-order valence-electron chi connectivity index (χ4n) is 4.46. The van der Waals surface area contributed by atoms with Crippen LogP contribution in [0.1, 0.15) is 36.8 Å². The first-order valence-electron chi connectivity index (χ1n) is 9.46. The van der Waals surface area contributed by atoms with Gasteiger partial charge < -0.3 is 14.2 Å². The number of fused-ring (bicyclic) bond motifs is 1. The lowest BCUT2D eigenvalue weighted by atomic mass is 9.85. The van der Waals surface area contributed by atoms with Gasteiger partial charge in [0.15, 0.2) is 0 Å². The molecule has 142 valence electrons. The normalized spacial score (nSPS) is 19.3. The van der Waals surface area contributed by atoms with Crippen molar-refractivity contribution in [3.63, 3.8) is 0 Å². The third-order valence-corrected chi connectivity index (χ3v) is 6.26. The first kappa shape index (κ1) is 17.8. The predicted molar refractivity (Wildman–Crippen MR) is 101 cm³/mol. The van der Waals surface area contributed by atoms with Crippen LogP contribution in [0.5, 0.6) is 0 Å². The molecule has 6 nitrogen and oxygen atoms in total. The average Bonchev–Trinajstić information content (AvgIpc) is 2.90. The fourth-order valence-corrected chi connectivity index (χ4v) is 4.46. The fraction of sp³-hybridized carbons (Fsp3) is 0.476. The lowest BCUT2D eigenvalue weighted by Crippen LogP contribution is -2.53. The molecule has 2 aromatic rings. The highest BCUT2D eigenvalue weighted by Gasteiger charge is 2.45. The second kappa shape index (κ2) is 6.51. The van der Waals surface area contributed by atoms with E-state index in [9.17, 15) is 14.4 Å². The van der Waals surface area contributed by atoms with E-state index in [1.54, 1.807) is 0 Å². The summed E-state index contributed by atoms with van der Waals surface area (Å²) in [5.74, 6) is 0.219. The molecule has 0 unspecified atom stereocenters. The van der Waals surface area contributed by atoms with Gasteiger partial charge in [0.25, 0.3) is 0 Å². The zero-order valence-corrected chi connectivity index (χ0v) is 15.8. The number of benzene rings is 1. The van der Waals surface area contributed by atoms with Crippen molar-refractivity contribution in [3.05, 3.63) is 45.8 Å². The van der Waals surface area contributed by atoms with Crippen LogP contribution in [0.4, 0.5) is 0 Å². The summed E-state index contributed by atoms with van der Waals surface area (Å²) in [4.78, 5) is 40.4. The van der Waals surface area contributed by atoms with Gasteiger partial charge in [-0.3, -0.25) is 9.59 Å². The van der Waals surface area contributed by atoms with Gasteiger partial charge in [-0.05, 0) is 43.4 Å². The maximum Gasteiger partial charge on any atom is 0.336 e. The smallest absolute Gasteiger partial charge is 0.336 e. The number of amides is 2. The topological polar surface area (TPSA) is 70.8 Å². The highest BCUT2D eigenvalue weighted by Crippen LogP contribution is 2.38. The molecular formula is C21H24N2O4. The first-order chi connectivity index (χ1) is 12.9. The van der Waals surface area contributed by atoms with Gasteiger partial charge in [0.2, 0.25) is 11.8 Å². The second-order valence-electron chi connectivity index (χ2n) is 7.82. The van der Waals surface area contributed by atoms with Crippen LogP contribution in [0, 0.1) is 6.92 Å². The number of carbonyl (C=O) groups is 2. The van der Waals surface area contributed by atoms with E-state index in [0.29, 0.717) is 30.7 Å². The lowest BCUT2D eigenvalue weighted by molar-refractivity contribution is -0.135. The molecule has 3 heterocycles. The van der Waals surface area contributed by atoms with Gasteiger partial charge in [-0.1, -0.05) is 12.1 Å². The van der Waals surface area contributed by atoms with E-state index in [1.807, 2.05) is 42.0 Å². The highest BCUT2D eigenvalue weighted by atomic mass is 16.4. The number of nitrogens with zero attached hydrogens (tertiary/aromatic N) is 2. The van der Waals surface area contributed by atoms with Crippen molar-refractivity contribution >= 4 is 22.8 Å². The molecule has 1 spiro atoms. The molecule has 4 rings (SSSR count). The molecule has 27 heavy (non-hydrogen) atoms. The molecule has 6 heteroatoms. The Balaban J connectivity index is 1.50. The van der Waals surface area contributed by atoms with Crippen molar-refractivity contribution in [1.29, 1.82) is 0 Å². The Morgan fingerprint density at radius 2 is 1.89 bits per heavy atom. The Morgan fingerprint density at radius 3 is 2.56 bits per heavy atom. The molecule has 0 bridgehead atoms. The quantitative estimate of drug-likeness (QED) is 0.763. The molecule has 2 fully saturated rings. The number of hydrogen-bond donors (Lipinski definition) is 0. The van der Waals surface area contributed by atoms with E-state index in [4.69, 9.17) is 4.42 Å². The summed E-state index contributed by atoms with van der Waals surface area (Å²) >= 11 is 0.